The normalized spacial score (nSPS) is 24.9. The number of thioether (sulfide) groups is 1. The second-order valence-electron chi connectivity index (χ2n) is 5.01. The highest BCUT2D eigenvalue weighted by molar-refractivity contribution is 8.00. The summed E-state index contributed by atoms with van der Waals surface area (Å²) in [5.41, 5.74) is 5.45. The standard InChI is InChI=1S/C12H22N4O2S2/c1-10-11(2)19-7-6-16(10)20(17,18)12-8-14-15(9-12)5-3-4-13/h8-11H,3-7,13H2,1-2H3. The van der Waals surface area contributed by atoms with Crippen molar-refractivity contribution in [3.8, 4) is 0 Å². The lowest BCUT2D eigenvalue weighted by Crippen LogP contribution is -2.47. The Labute approximate surface area is 124 Å². The van der Waals surface area contributed by atoms with Crippen molar-refractivity contribution >= 4 is 21.8 Å². The number of hydrogen-bond acceptors (Lipinski definition) is 5. The number of sulfonamides is 1. The van der Waals surface area contributed by atoms with Gasteiger partial charge in [-0.1, -0.05) is 6.92 Å². The van der Waals surface area contributed by atoms with Crippen LogP contribution in [0.3, 0.4) is 0 Å². The summed E-state index contributed by atoms with van der Waals surface area (Å²) >= 11 is 1.82. The lowest BCUT2D eigenvalue weighted by Gasteiger charge is -2.36. The van der Waals surface area contributed by atoms with E-state index in [1.165, 1.54) is 6.20 Å². The van der Waals surface area contributed by atoms with E-state index in [1.54, 1.807) is 15.2 Å². The first-order valence-corrected chi connectivity index (χ1v) is 9.31. The van der Waals surface area contributed by atoms with Crippen LogP contribution < -0.4 is 5.73 Å². The van der Waals surface area contributed by atoms with Crippen LogP contribution >= 0.6 is 11.8 Å². The van der Waals surface area contributed by atoms with Crippen LogP contribution in [0, 0.1) is 0 Å². The summed E-state index contributed by atoms with van der Waals surface area (Å²) in [6.07, 6.45) is 3.82. The molecule has 8 heteroatoms. The first kappa shape index (κ1) is 15.8. The van der Waals surface area contributed by atoms with Crippen LogP contribution in [0.2, 0.25) is 0 Å². The topological polar surface area (TPSA) is 81.2 Å². The summed E-state index contributed by atoms with van der Waals surface area (Å²) in [6, 6.07) is 0.00569. The van der Waals surface area contributed by atoms with Crippen molar-refractivity contribution in [1.29, 1.82) is 0 Å². The summed E-state index contributed by atoms with van der Waals surface area (Å²) in [5.74, 6) is 0.839. The summed E-state index contributed by atoms with van der Waals surface area (Å²) in [6.45, 7) is 5.81. The predicted octanol–water partition coefficient (Wildman–Crippen LogP) is 0.746. The molecule has 2 rings (SSSR count). The molecule has 2 heterocycles. The molecule has 6 nitrogen and oxygen atoms in total. The third kappa shape index (κ3) is 3.19. The lowest BCUT2D eigenvalue weighted by molar-refractivity contribution is 0.340. The van der Waals surface area contributed by atoms with Crippen molar-refractivity contribution in [3.63, 3.8) is 0 Å². The average Bonchev–Trinajstić information content (AvgIpc) is 2.89. The first-order valence-electron chi connectivity index (χ1n) is 6.83. The first-order chi connectivity index (χ1) is 9.46. The lowest BCUT2D eigenvalue weighted by atomic mass is 10.2. The molecule has 2 unspecified atom stereocenters. The molecule has 1 aromatic rings. The fourth-order valence-corrected chi connectivity index (χ4v) is 5.18. The van der Waals surface area contributed by atoms with Gasteiger partial charge in [0.15, 0.2) is 0 Å². The monoisotopic (exact) mass is 318 g/mol. The molecule has 1 aliphatic rings. The molecule has 1 fully saturated rings. The fourth-order valence-electron chi connectivity index (χ4n) is 2.23. The second-order valence-corrected chi connectivity index (χ2v) is 8.39. The van der Waals surface area contributed by atoms with Crippen molar-refractivity contribution in [2.45, 2.75) is 43.0 Å². The van der Waals surface area contributed by atoms with Gasteiger partial charge in [0.2, 0.25) is 10.0 Å². The predicted molar refractivity (Wildman–Crippen MR) is 81.2 cm³/mol. The third-order valence-corrected chi connectivity index (χ3v) is 6.91. The maximum Gasteiger partial charge on any atom is 0.246 e. The number of nitrogens with two attached hydrogens (primary N) is 1. The van der Waals surface area contributed by atoms with E-state index in [-0.39, 0.29) is 10.9 Å². The van der Waals surface area contributed by atoms with Crippen molar-refractivity contribution < 1.29 is 8.42 Å². The summed E-state index contributed by atoms with van der Waals surface area (Å²) in [7, 11) is -3.44. The van der Waals surface area contributed by atoms with Crippen LogP contribution in [-0.2, 0) is 16.6 Å². The van der Waals surface area contributed by atoms with Crippen molar-refractivity contribution in [1.82, 2.24) is 14.1 Å². The highest BCUT2D eigenvalue weighted by Crippen LogP contribution is 2.29. The zero-order valence-electron chi connectivity index (χ0n) is 11.9. The van der Waals surface area contributed by atoms with Crippen LogP contribution in [0.4, 0.5) is 0 Å². The molecular weight excluding hydrogens is 296 g/mol. The van der Waals surface area contributed by atoms with Crippen LogP contribution in [0.25, 0.3) is 0 Å². The summed E-state index contributed by atoms with van der Waals surface area (Å²) < 4.78 is 28.6. The highest BCUT2D eigenvalue weighted by Gasteiger charge is 2.35. The minimum absolute atomic E-state index is 0.00569. The van der Waals surface area contributed by atoms with Gasteiger partial charge in [0.25, 0.3) is 0 Å². The Hall–Kier alpha value is -0.570. The maximum atomic E-state index is 12.7. The number of hydrogen-bond donors (Lipinski definition) is 1. The zero-order chi connectivity index (χ0) is 14.8. The van der Waals surface area contributed by atoms with Crippen LogP contribution in [-0.4, -0.2) is 52.6 Å². The van der Waals surface area contributed by atoms with Crippen molar-refractivity contribution in [2.75, 3.05) is 18.8 Å². The van der Waals surface area contributed by atoms with Gasteiger partial charge < -0.3 is 5.73 Å². The molecule has 0 spiro atoms. The van der Waals surface area contributed by atoms with Gasteiger partial charge in [0.05, 0.1) is 6.20 Å². The van der Waals surface area contributed by atoms with E-state index >= 15 is 0 Å². The molecule has 0 aromatic carbocycles. The molecule has 1 aromatic heterocycles. The smallest absolute Gasteiger partial charge is 0.246 e. The van der Waals surface area contributed by atoms with Crippen LogP contribution in [0.1, 0.15) is 20.3 Å². The van der Waals surface area contributed by atoms with Gasteiger partial charge in [-0.15, -0.1) is 0 Å². The quantitative estimate of drug-likeness (QED) is 0.866. The van der Waals surface area contributed by atoms with E-state index in [0.717, 1.165) is 12.2 Å². The zero-order valence-corrected chi connectivity index (χ0v) is 13.5. The molecule has 0 bridgehead atoms. The average molecular weight is 318 g/mol. The van der Waals surface area contributed by atoms with E-state index in [0.29, 0.717) is 24.9 Å². The van der Waals surface area contributed by atoms with E-state index in [4.69, 9.17) is 5.73 Å². The van der Waals surface area contributed by atoms with E-state index < -0.39 is 10.0 Å². The summed E-state index contributed by atoms with van der Waals surface area (Å²) in [5, 5.41) is 4.42. The molecule has 0 radical (unpaired) electrons. The second kappa shape index (κ2) is 6.46. The molecular formula is C12H22N4O2S2. The van der Waals surface area contributed by atoms with Crippen LogP contribution in [0.5, 0.6) is 0 Å². The van der Waals surface area contributed by atoms with Gasteiger partial charge in [0, 0.05) is 36.3 Å². The molecule has 0 aliphatic carbocycles. The van der Waals surface area contributed by atoms with Gasteiger partial charge in [-0.05, 0) is 19.9 Å². The maximum absolute atomic E-state index is 12.7. The largest absolute Gasteiger partial charge is 0.330 e. The van der Waals surface area contributed by atoms with Crippen molar-refractivity contribution in [3.05, 3.63) is 12.4 Å². The Morgan fingerprint density at radius 1 is 1.50 bits per heavy atom. The molecule has 1 saturated heterocycles. The highest BCUT2D eigenvalue weighted by atomic mass is 32.2. The van der Waals surface area contributed by atoms with Gasteiger partial charge >= 0.3 is 0 Å². The molecule has 20 heavy (non-hydrogen) atoms. The SMILES string of the molecule is CC1SCCN(S(=O)(=O)c2cnn(CCCN)c2)C1C. The van der Waals surface area contributed by atoms with Gasteiger partial charge in [-0.2, -0.15) is 21.2 Å². The van der Waals surface area contributed by atoms with E-state index in [1.807, 2.05) is 18.7 Å². The van der Waals surface area contributed by atoms with Crippen LogP contribution in [0.15, 0.2) is 17.3 Å². The molecule has 1 aliphatic heterocycles. The van der Waals surface area contributed by atoms with E-state index in [9.17, 15) is 8.42 Å². The van der Waals surface area contributed by atoms with E-state index in [2.05, 4.69) is 12.0 Å². The molecule has 2 N–H and O–H groups in total. The number of aryl methyl sites for hydroxylation is 1. The fraction of sp³-hybridized carbons (Fsp3) is 0.750. The minimum atomic E-state index is -3.44. The Balaban J connectivity index is 2.19. The number of rotatable bonds is 5. The molecule has 2 atom stereocenters. The Bertz CT molecular complexity index is 543. The number of nitrogens with zero attached hydrogens (tertiary/aromatic N) is 3. The molecule has 0 saturated carbocycles. The number of aromatic nitrogens is 2. The summed E-state index contributed by atoms with van der Waals surface area (Å²) in [4.78, 5) is 0.278. The molecule has 114 valence electrons. The van der Waals surface area contributed by atoms with Gasteiger partial charge in [-0.3, -0.25) is 4.68 Å². The third-order valence-electron chi connectivity index (χ3n) is 3.63. The van der Waals surface area contributed by atoms with Gasteiger partial charge in [-0.25, -0.2) is 8.42 Å². The van der Waals surface area contributed by atoms with Crippen molar-refractivity contribution in [2.24, 2.45) is 5.73 Å². The van der Waals surface area contributed by atoms with Gasteiger partial charge in [0.1, 0.15) is 4.90 Å². The Morgan fingerprint density at radius 2 is 2.25 bits per heavy atom. The Morgan fingerprint density at radius 3 is 2.95 bits per heavy atom. The molecule has 0 amide bonds. The Kier molecular flexibility index (Phi) is 5.11. The minimum Gasteiger partial charge on any atom is -0.330 e.